The lowest BCUT2D eigenvalue weighted by Gasteiger charge is -2.19. The molecule has 0 saturated carbocycles. The number of carbonyl (C=O) groups excluding carboxylic acids is 1. The van der Waals surface area contributed by atoms with Gasteiger partial charge in [0.25, 0.3) is 0 Å². The Hall–Kier alpha value is -0.530. The second kappa shape index (κ2) is 13.5. The maximum Gasteiger partial charge on any atom is 0.305 e. The van der Waals surface area contributed by atoms with Gasteiger partial charge in [-0.15, -0.1) is 0 Å². The standard InChI is InChI=1S/C18H36O2/c1-5-8-9-10-11-13-18(19)20-15-17(12-6-2)14-16(4)7-3/h16-17H,5-15H2,1-4H3. The van der Waals surface area contributed by atoms with Gasteiger partial charge in [-0.2, -0.15) is 0 Å². The van der Waals surface area contributed by atoms with E-state index in [0.717, 1.165) is 18.8 Å². The highest BCUT2D eigenvalue weighted by molar-refractivity contribution is 5.69. The van der Waals surface area contributed by atoms with E-state index in [0.29, 0.717) is 18.9 Å². The van der Waals surface area contributed by atoms with Crippen molar-refractivity contribution in [3.05, 3.63) is 0 Å². The number of rotatable bonds is 13. The fourth-order valence-electron chi connectivity index (χ4n) is 2.57. The lowest BCUT2D eigenvalue weighted by Crippen LogP contribution is -2.16. The maximum atomic E-state index is 11.7. The van der Waals surface area contributed by atoms with E-state index < -0.39 is 0 Å². The van der Waals surface area contributed by atoms with E-state index >= 15 is 0 Å². The molecule has 0 heterocycles. The largest absolute Gasteiger partial charge is 0.465 e. The Morgan fingerprint density at radius 2 is 1.70 bits per heavy atom. The van der Waals surface area contributed by atoms with Crippen LogP contribution in [0.4, 0.5) is 0 Å². The molecule has 0 aliphatic heterocycles. The van der Waals surface area contributed by atoms with Crippen LogP contribution in [0.1, 0.15) is 91.9 Å². The number of unbranched alkanes of at least 4 members (excludes halogenated alkanes) is 4. The minimum atomic E-state index is 0.00625. The third-order valence-corrected chi connectivity index (χ3v) is 4.09. The molecule has 20 heavy (non-hydrogen) atoms. The summed E-state index contributed by atoms with van der Waals surface area (Å²) < 4.78 is 5.47. The van der Waals surface area contributed by atoms with Crippen LogP contribution in [0.2, 0.25) is 0 Å². The van der Waals surface area contributed by atoms with Crippen LogP contribution in [0.3, 0.4) is 0 Å². The van der Waals surface area contributed by atoms with Gasteiger partial charge in [0.2, 0.25) is 0 Å². The van der Waals surface area contributed by atoms with Gasteiger partial charge in [-0.05, 0) is 31.1 Å². The van der Waals surface area contributed by atoms with Gasteiger partial charge in [-0.25, -0.2) is 0 Å². The summed E-state index contributed by atoms with van der Waals surface area (Å²) in [7, 11) is 0. The van der Waals surface area contributed by atoms with Gasteiger partial charge in [0.15, 0.2) is 0 Å². The maximum absolute atomic E-state index is 11.7. The number of hydrogen-bond donors (Lipinski definition) is 0. The van der Waals surface area contributed by atoms with Crippen LogP contribution in [-0.4, -0.2) is 12.6 Å². The van der Waals surface area contributed by atoms with Crippen molar-refractivity contribution in [3.63, 3.8) is 0 Å². The van der Waals surface area contributed by atoms with Crippen LogP contribution in [-0.2, 0) is 9.53 Å². The molecule has 2 heteroatoms. The molecule has 0 saturated heterocycles. The van der Waals surface area contributed by atoms with E-state index in [9.17, 15) is 4.79 Å². The van der Waals surface area contributed by atoms with Crippen LogP contribution in [0, 0.1) is 11.8 Å². The van der Waals surface area contributed by atoms with Crippen molar-refractivity contribution in [3.8, 4) is 0 Å². The highest BCUT2D eigenvalue weighted by atomic mass is 16.5. The van der Waals surface area contributed by atoms with E-state index in [1.54, 1.807) is 0 Å². The zero-order valence-corrected chi connectivity index (χ0v) is 14.2. The molecular formula is C18H36O2. The van der Waals surface area contributed by atoms with E-state index in [1.807, 2.05) is 0 Å². The molecule has 0 N–H and O–H groups in total. The molecule has 0 aliphatic rings. The Morgan fingerprint density at radius 3 is 2.30 bits per heavy atom. The average molecular weight is 284 g/mol. The van der Waals surface area contributed by atoms with Crippen molar-refractivity contribution >= 4 is 5.97 Å². The van der Waals surface area contributed by atoms with Gasteiger partial charge < -0.3 is 4.74 Å². The number of hydrogen-bond acceptors (Lipinski definition) is 2. The molecule has 0 radical (unpaired) electrons. The van der Waals surface area contributed by atoms with Crippen molar-refractivity contribution in [2.45, 2.75) is 91.9 Å². The molecule has 2 unspecified atom stereocenters. The Bertz CT molecular complexity index is 225. The molecule has 0 aliphatic carbocycles. The fraction of sp³-hybridized carbons (Fsp3) is 0.944. The van der Waals surface area contributed by atoms with Gasteiger partial charge >= 0.3 is 5.97 Å². The predicted molar refractivity (Wildman–Crippen MR) is 86.8 cm³/mol. The molecule has 0 amide bonds. The minimum absolute atomic E-state index is 0.00625. The monoisotopic (exact) mass is 284 g/mol. The van der Waals surface area contributed by atoms with E-state index in [2.05, 4.69) is 27.7 Å². The first-order valence-corrected chi connectivity index (χ1v) is 8.79. The molecule has 0 bridgehead atoms. The molecule has 120 valence electrons. The van der Waals surface area contributed by atoms with E-state index in [4.69, 9.17) is 4.74 Å². The minimum Gasteiger partial charge on any atom is -0.465 e. The number of ether oxygens (including phenoxy) is 1. The van der Waals surface area contributed by atoms with Gasteiger partial charge in [0.1, 0.15) is 0 Å². The highest BCUT2D eigenvalue weighted by Crippen LogP contribution is 2.20. The second-order valence-electron chi connectivity index (χ2n) is 6.25. The van der Waals surface area contributed by atoms with Gasteiger partial charge in [0, 0.05) is 6.42 Å². The lowest BCUT2D eigenvalue weighted by molar-refractivity contribution is -0.145. The summed E-state index contributed by atoms with van der Waals surface area (Å²) in [5, 5.41) is 0. The highest BCUT2D eigenvalue weighted by Gasteiger charge is 2.14. The number of carbonyl (C=O) groups is 1. The first-order valence-electron chi connectivity index (χ1n) is 8.79. The molecular weight excluding hydrogens is 248 g/mol. The normalized spacial score (nSPS) is 14.0. The summed E-state index contributed by atoms with van der Waals surface area (Å²) in [4.78, 5) is 11.7. The van der Waals surface area contributed by atoms with E-state index in [-0.39, 0.29) is 5.97 Å². The van der Waals surface area contributed by atoms with Crippen molar-refractivity contribution < 1.29 is 9.53 Å². The van der Waals surface area contributed by atoms with Gasteiger partial charge in [-0.1, -0.05) is 66.2 Å². The second-order valence-corrected chi connectivity index (χ2v) is 6.25. The molecule has 2 atom stereocenters. The van der Waals surface area contributed by atoms with Crippen molar-refractivity contribution in [2.75, 3.05) is 6.61 Å². The summed E-state index contributed by atoms with van der Waals surface area (Å²) in [5.41, 5.74) is 0. The molecule has 0 rings (SSSR count). The topological polar surface area (TPSA) is 26.3 Å². The Kier molecular flexibility index (Phi) is 13.1. The molecule has 0 fully saturated rings. The average Bonchev–Trinajstić information content (AvgIpc) is 2.44. The third-order valence-electron chi connectivity index (χ3n) is 4.09. The SMILES string of the molecule is CCCCCCCC(=O)OCC(CCC)CC(C)CC. The molecule has 0 aromatic rings. The lowest BCUT2D eigenvalue weighted by atomic mass is 9.91. The summed E-state index contributed by atoms with van der Waals surface area (Å²) in [6.07, 6.45) is 11.3. The van der Waals surface area contributed by atoms with Crippen molar-refractivity contribution in [2.24, 2.45) is 11.8 Å². The Morgan fingerprint density at radius 1 is 1.00 bits per heavy atom. The van der Waals surface area contributed by atoms with Crippen molar-refractivity contribution in [1.82, 2.24) is 0 Å². The van der Waals surface area contributed by atoms with Crippen LogP contribution >= 0.6 is 0 Å². The predicted octanol–water partition coefficient (Wildman–Crippen LogP) is 5.74. The third kappa shape index (κ3) is 11.3. The summed E-state index contributed by atoms with van der Waals surface area (Å²) in [5.74, 6) is 1.30. The number of esters is 1. The summed E-state index contributed by atoms with van der Waals surface area (Å²) >= 11 is 0. The zero-order valence-electron chi connectivity index (χ0n) is 14.2. The summed E-state index contributed by atoms with van der Waals surface area (Å²) in [6, 6.07) is 0. The van der Waals surface area contributed by atoms with Crippen LogP contribution in [0.15, 0.2) is 0 Å². The quantitative estimate of drug-likeness (QED) is 0.318. The van der Waals surface area contributed by atoms with Crippen LogP contribution < -0.4 is 0 Å². The van der Waals surface area contributed by atoms with Gasteiger partial charge in [0.05, 0.1) is 6.61 Å². The molecule has 2 nitrogen and oxygen atoms in total. The van der Waals surface area contributed by atoms with Gasteiger partial charge in [-0.3, -0.25) is 4.79 Å². The van der Waals surface area contributed by atoms with Crippen LogP contribution in [0.5, 0.6) is 0 Å². The Balaban J connectivity index is 3.75. The zero-order chi connectivity index (χ0) is 15.2. The Labute approximate surface area is 126 Å². The fourth-order valence-corrected chi connectivity index (χ4v) is 2.57. The van der Waals surface area contributed by atoms with Crippen LogP contribution in [0.25, 0.3) is 0 Å². The van der Waals surface area contributed by atoms with E-state index in [1.165, 1.54) is 44.9 Å². The van der Waals surface area contributed by atoms with Crippen molar-refractivity contribution in [1.29, 1.82) is 0 Å². The molecule has 0 spiro atoms. The first kappa shape index (κ1) is 19.5. The smallest absolute Gasteiger partial charge is 0.305 e. The summed E-state index contributed by atoms with van der Waals surface area (Å²) in [6.45, 7) is 9.57. The first-order chi connectivity index (χ1) is 9.63. The molecule has 0 aromatic carbocycles. The molecule has 0 aromatic heterocycles.